The second kappa shape index (κ2) is 8.74. The van der Waals surface area contributed by atoms with Crippen molar-refractivity contribution in [2.45, 2.75) is 57.7 Å². The van der Waals surface area contributed by atoms with E-state index in [1.807, 2.05) is 6.33 Å². The number of hydrogen-bond acceptors (Lipinski definition) is 8. The van der Waals surface area contributed by atoms with Crippen molar-refractivity contribution >= 4 is 28.6 Å². The van der Waals surface area contributed by atoms with E-state index in [1.165, 1.54) is 19.3 Å². The van der Waals surface area contributed by atoms with Crippen molar-refractivity contribution < 1.29 is 10.2 Å². The van der Waals surface area contributed by atoms with Gasteiger partial charge < -0.3 is 31.1 Å². The van der Waals surface area contributed by atoms with Crippen LogP contribution in [0.2, 0.25) is 0 Å². The van der Waals surface area contributed by atoms with Gasteiger partial charge in [-0.1, -0.05) is 19.3 Å². The molecule has 30 heavy (non-hydrogen) atoms. The molecular formula is C21H29N7O2. The van der Waals surface area contributed by atoms with Crippen LogP contribution in [0.4, 0.5) is 17.5 Å². The van der Waals surface area contributed by atoms with E-state index < -0.39 is 6.10 Å². The zero-order valence-corrected chi connectivity index (χ0v) is 17.2. The summed E-state index contributed by atoms with van der Waals surface area (Å²) in [6.45, 7) is 2.40. The predicted octanol–water partition coefficient (Wildman–Crippen LogP) is 3.02. The summed E-state index contributed by atoms with van der Waals surface area (Å²) >= 11 is 0. The maximum Gasteiger partial charge on any atom is 0.226 e. The van der Waals surface area contributed by atoms with Crippen LogP contribution >= 0.6 is 0 Å². The number of phenols is 1. The van der Waals surface area contributed by atoms with E-state index in [2.05, 4.69) is 30.2 Å². The summed E-state index contributed by atoms with van der Waals surface area (Å²) in [5.41, 5.74) is 8.56. The molecule has 2 aromatic heterocycles. The molecule has 2 heterocycles. The third-order valence-electron chi connectivity index (χ3n) is 5.49. The first kappa shape index (κ1) is 20.2. The Morgan fingerprint density at radius 1 is 1.20 bits per heavy atom. The zero-order valence-electron chi connectivity index (χ0n) is 17.2. The lowest BCUT2D eigenvalue weighted by atomic mass is 9.95. The molecule has 6 N–H and O–H groups in total. The van der Waals surface area contributed by atoms with E-state index in [0.29, 0.717) is 47.7 Å². The van der Waals surface area contributed by atoms with Gasteiger partial charge in [0.2, 0.25) is 5.95 Å². The molecule has 0 bridgehead atoms. The summed E-state index contributed by atoms with van der Waals surface area (Å²) in [4.78, 5) is 13.8. The number of nitrogens with zero attached hydrogens (tertiary/aromatic N) is 4. The Kier molecular flexibility index (Phi) is 5.89. The van der Waals surface area contributed by atoms with Gasteiger partial charge in [-0.25, -0.2) is 4.98 Å². The van der Waals surface area contributed by atoms with E-state index in [1.54, 1.807) is 25.1 Å². The number of imidazole rings is 1. The molecule has 0 spiro atoms. The number of nitrogens with one attached hydrogen (secondary N) is 2. The van der Waals surface area contributed by atoms with E-state index in [9.17, 15) is 10.2 Å². The van der Waals surface area contributed by atoms with Crippen LogP contribution in [0.1, 0.15) is 50.6 Å². The first-order valence-electron chi connectivity index (χ1n) is 10.5. The number of aromatic nitrogens is 4. The number of aliphatic hydroxyl groups is 1. The number of fused-ring (bicyclic) bond motifs is 1. The van der Waals surface area contributed by atoms with Gasteiger partial charge in [0.25, 0.3) is 0 Å². The third-order valence-corrected chi connectivity index (χ3v) is 5.49. The number of aliphatic hydroxyl groups excluding tert-OH is 1. The Morgan fingerprint density at radius 3 is 2.77 bits per heavy atom. The van der Waals surface area contributed by atoms with Crippen molar-refractivity contribution in [3.05, 3.63) is 30.1 Å². The van der Waals surface area contributed by atoms with Gasteiger partial charge >= 0.3 is 0 Å². The normalized spacial score (nSPS) is 15.9. The SMILES string of the molecule is CC(O)CNc1nc(NCc2cc(N)ccc2O)c2ncn(C3CCCCC3)c2n1. The molecule has 0 amide bonds. The highest BCUT2D eigenvalue weighted by molar-refractivity contribution is 5.84. The average molecular weight is 412 g/mol. The first-order valence-corrected chi connectivity index (χ1v) is 10.5. The van der Waals surface area contributed by atoms with E-state index >= 15 is 0 Å². The van der Waals surface area contributed by atoms with Crippen molar-refractivity contribution in [3.8, 4) is 5.75 Å². The molecule has 0 saturated heterocycles. The molecule has 9 heteroatoms. The largest absolute Gasteiger partial charge is 0.508 e. The van der Waals surface area contributed by atoms with E-state index in [-0.39, 0.29) is 5.75 Å². The van der Waals surface area contributed by atoms with Crippen LogP contribution < -0.4 is 16.4 Å². The van der Waals surface area contributed by atoms with Crippen LogP contribution in [0.25, 0.3) is 11.2 Å². The molecule has 1 aromatic carbocycles. The number of rotatable bonds is 7. The van der Waals surface area contributed by atoms with Gasteiger partial charge in [0.1, 0.15) is 5.75 Å². The highest BCUT2D eigenvalue weighted by Crippen LogP contribution is 2.32. The highest BCUT2D eigenvalue weighted by Gasteiger charge is 2.21. The summed E-state index contributed by atoms with van der Waals surface area (Å²) in [5.74, 6) is 1.17. The van der Waals surface area contributed by atoms with Crippen LogP contribution in [0.15, 0.2) is 24.5 Å². The summed E-state index contributed by atoms with van der Waals surface area (Å²) in [6, 6.07) is 5.35. The molecule has 0 radical (unpaired) electrons. The molecule has 1 unspecified atom stereocenters. The van der Waals surface area contributed by atoms with Gasteiger partial charge in [0.05, 0.1) is 12.4 Å². The fourth-order valence-corrected chi connectivity index (χ4v) is 3.91. The van der Waals surface area contributed by atoms with Crippen molar-refractivity contribution in [1.29, 1.82) is 0 Å². The van der Waals surface area contributed by atoms with Crippen molar-refractivity contribution in [2.75, 3.05) is 22.9 Å². The number of benzene rings is 1. The molecule has 4 rings (SSSR count). The number of nitrogen functional groups attached to an aromatic ring is 1. The molecule has 0 aliphatic heterocycles. The van der Waals surface area contributed by atoms with Crippen LogP contribution in [0.5, 0.6) is 5.75 Å². The topological polar surface area (TPSA) is 134 Å². The molecule has 1 atom stereocenters. The van der Waals surface area contributed by atoms with E-state index in [0.717, 1.165) is 18.5 Å². The molecule has 9 nitrogen and oxygen atoms in total. The quantitative estimate of drug-likeness (QED) is 0.296. The Hall–Kier alpha value is -3.07. The molecule has 3 aromatic rings. The van der Waals surface area contributed by atoms with Crippen LogP contribution in [0, 0.1) is 0 Å². The number of phenolic OH excluding ortho intramolecular Hbond substituents is 1. The molecule has 1 aliphatic carbocycles. The second-order valence-corrected chi connectivity index (χ2v) is 7.98. The Morgan fingerprint density at radius 2 is 2.00 bits per heavy atom. The lowest BCUT2D eigenvalue weighted by molar-refractivity contribution is 0.208. The monoisotopic (exact) mass is 411 g/mol. The number of hydrogen-bond donors (Lipinski definition) is 5. The average Bonchev–Trinajstić information content (AvgIpc) is 3.17. The van der Waals surface area contributed by atoms with Gasteiger partial charge in [-0.2, -0.15) is 9.97 Å². The molecule has 1 aliphatic rings. The van der Waals surface area contributed by atoms with Gasteiger partial charge in [-0.05, 0) is 38.0 Å². The molecule has 160 valence electrons. The van der Waals surface area contributed by atoms with Crippen LogP contribution in [-0.2, 0) is 6.54 Å². The van der Waals surface area contributed by atoms with E-state index in [4.69, 9.17) is 5.73 Å². The summed E-state index contributed by atoms with van der Waals surface area (Å²) in [5, 5.41) is 26.1. The number of aromatic hydroxyl groups is 1. The molecule has 1 saturated carbocycles. The maximum absolute atomic E-state index is 10.1. The highest BCUT2D eigenvalue weighted by atomic mass is 16.3. The summed E-state index contributed by atoms with van der Waals surface area (Å²) in [7, 11) is 0. The minimum Gasteiger partial charge on any atom is -0.508 e. The van der Waals surface area contributed by atoms with Crippen molar-refractivity contribution in [1.82, 2.24) is 19.5 Å². The standard InChI is InChI=1S/C21H29N7O2/c1-13(29)10-24-21-26-19(23-11-14-9-15(22)7-8-17(14)30)18-20(27-21)28(12-25-18)16-5-3-2-4-6-16/h7-9,12-13,16,29-30H,2-6,10-11,22H2,1H3,(H2,23,24,26,27). The minimum atomic E-state index is -0.520. The summed E-state index contributed by atoms with van der Waals surface area (Å²) in [6.07, 6.45) is 7.25. The van der Waals surface area contributed by atoms with Crippen molar-refractivity contribution in [3.63, 3.8) is 0 Å². The fourth-order valence-electron chi connectivity index (χ4n) is 3.91. The predicted molar refractivity (Wildman–Crippen MR) is 117 cm³/mol. The minimum absolute atomic E-state index is 0.169. The first-order chi connectivity index (χ1) is 14.5. The van der Waals surface area contributed by atoms with Gasteiger partial charge in [-0.15, -0.1) is 0 Å². The smallest absolute Gasteiger partial charge is 0.226 e. The number of nitrogens with two attached hydrogens (primary N) is 1. The zero-order chi connectivity index (χ0) is 21.1. The van der Waals surface area contributed by atoms with Gasteiger partial charge in [-0.3, -0.25) is 0 Å². The van der Waals surface area contributed by atoms with Crippen molar-refractivity contribution in [2.24, 2.45) is 0 Å². The molecular weight excluding hydrogens is 382 g/mol. The fraction of sp³-hybridized carbons (Fsp3) is 0.476. The van der Waals surface area contributed by atoms with Crippen LogP contribution in [-0.4, -0.2) is 42.4 Å². The lowest BCUT2D eigenvalue weighted by Gasteiger charge is -2.23. The Labute approximate surface area is 175 Å². The van der Waals surface area contributed by atoms with Gasteiger partial charge in [0, 0.05) is 30.4 Å². The maximum atomic E-state index is 10.1. The summed E-state index contributed by atoms with van der Waals surface area (Å²) < 4.78 is 2.15. The Balaban J connectivity index is 1.67. The third kappa shape index (κ3) is 4.40. The van der Waals surface area contributed by atoms with Crippen LogP contribution in [0.3, 0.4) is 0 Å². The second-order valence-electron chi connectivity index (χ2n) is 7.98. The Bertz CT molecular complexity index is 1010. The number of anilines is 3. The van der Waals surface area contributed by atoms with Gasteiger partial charge in [0.15, 0.2) is 17.0 Å². The lowest BCUT2D eigenvalue weighted by Crippen LogP contribution is -2.18. The molecule has 1 fully saturated rings.